The van der Waals surface area contributed by atoms with Gasteiger partial charge in [-0.15, -0.1) is 0 Å². The fourth-order valence-electron chi connectivity index (χ4n) is 1.01. The summed E-state index contributed by atoms with van der Waals surface area (Å²) >= 11 is 0. The SMILES string of the molecule is CC(C)(C)NCc1ccnc(C#N)c1. The maximum Gasteiger partial charge on any atom is 0.140 e. The summed E-state index contributed by atoms with van der Waals surface area (Å²) in [5, 5.41) is 12.0. The molecule has 0 saturated carbocycles. The lowest BCUT2D eigenvalue weighted by molar-refractivity contribution is 0.424. The number of nitriles is 1. The van der Waals surface area contributed by atoms with Gasteiger partial charge in [0, 0.05) is 18.3 Å². The van der Waals surface area contributed by atoms with E-state index in [4.69, 9.17) is 5.26 Å². The molecule has 1 aromatic heterocycles. The van der Waals surface area contributed by atoms with E-state index in [1.165, 1.54) is 0 Å². The normalized spacial score (nSPS) is 11.0. The quantitative estimate of drug-likeness (QED) is 0.772. The van der Waals surface area contributed by atoms with Gasteiger partial charge in [0.2, 0.25) is 0 Å². The number of rotatable bonds is 2. The molecule has 0 fully saturated rings. The van der Waals surface area contributed by atoms with Crippen LogP contribution >= 0.6 is 0 Å². The molecule has 0 aliphatic rings. The van der Waals surface area contributed by atoms with Crippen LogP contribution in [0, 0.1) is 11.3 Å². The molecular weight excluding hydrogens is 174 g/mol. The monoisotopic (exact) mass is 189 g/mol. The van der Waals surface area contributed by atoms with Crippen LogP contribution in [0.2, 0.25) is 0 Å². The summed E-state index contributed by atoms with van der Waals surface area (Å²) in [5.74, 6) is 0. The van der Waals surface area contributed by atoms with Gasteiger partial charge in [-0.25, -0.2) is 4.98 Å². The summed E-state index contributed by atoms with van der Waals surface area (Å²) in [6.07, 6.45) is 1.66. The van der Waals surface area contributed by atoms with E-state index >= 15 is 0 Å². The van der Waals surface area contributed by atoms with E-state index in [1.807, 2.05) is 12.1 Å². The highest BCUT2D eigenvalue weighted by Gasteiger charge is 2.08. The van der Waals surface area contributed by atoms with Gasteiger partial charge in [-0.1, -0.05) is 0 Å². The minimum atomic E-state index is 0.0933. The van der Waals surface area contributed by atoms with Crippen molar-refractivity contribution < 1.29 is 0 Å². The Morgan fingerprint density at radius 1 is 1.50 bits per heavy atom. The molecule has 0 aromatic carbocycles. The first kappa shape index (κ1) is 10.7. The van der Waals surface area contributed by atoms with E-state index in [0.717, 1.165) is 12.1 Å². The Morgan fingerprint density at radius 3 is 2.79 bits per heavy atom. The molecule has 1 heterocycles. The molecule has 3 nitrogen and oxygen atoms in total. The van der Waals surface area contributed by atoms with Gasteiger partial charge in [0.05, 0.1) is 0 Å². The van der Waals surface area contributed by atoms with Crippen LogP contribution < -0.4 is 5.32 Å². The molecule has 0 aliphatic carbocycles. The van der Waals surface area contributed by atoms with E-state index in [1.54, 1.807) is 12.3 Å². The summed E-state index contributed by atoms with van der Waals surface area (Å²) in [6.45, 7) is 7.10. The summed E-state index contributed by atoms with van der Waals surface area (Å²) in [6, 6.07) is 5.75. The van der Waals surface area contributed by atoms with E-state index in [0.29, 0.717) is 5.69 Å². The fraction of sp³-hybridized carbons (Fsp3) is 0.455. The lowest BCUT2D eigenvalue weighted by Gasteiger charge is -2.20. The van der Waals surface area contributed by atoms with Crippen molar-refractivity contribution in [3.8, 4) is 6.07 Å². The largest absolute Gasteiger partial charge is 0.308 e. The smallest absolute Gasteiger partial charge is 0.140 e. The van der Waals surface area contributed by atoms with Crippen LogP contribution in [0.4, 0.5) is 0 Å². The molecule has 0 spiro atoms. The average Bonchev–Trinajstić information content (AvgIpc) is 2.14. The summed E-state index contributed by atoms with van der Waals surface area (Å²) < 4.78 is 0. The molecule has 1 aromatic rings. The van der Waals surface area contributed by atoms with Gasteiger partial charge in [0.1, 0.15) is 11.8 Å². The molecule has 1 N–H and O–H groups in total. The minimum Gasteiger partial charge on any atom is -0.308 e. The lowest BCUT2D eigenvalue weighted by atomic mass is 10.1. The standard InChI is InChI=1S/C11H15N3/c1-11(2,3)14-8-9-4-5-13-10(6-9)7-12/h4-6,14H,8H2,1-3H3. The van der Waals surface area contributed by atoms with Crippen molar-refractivity contribution in [1.29, 1.82) is 5.26 Å². The minimum absolute atomic E-state index is 0.0933. The summed E-state index contributed by atoms with van der Waals surface area (Å²) in [5.41, 5.74) is 1.65. The molecule has 0 atom stereocenters. The number of hydrogen-bond donors (Lipinski definition) is 1. The molecule has 0 radical (unpaired) electrons. The third-order valence-electron chi connectivity index (χ3n) is 1.76. The highest BCUT2D eigenvalue weighted by molar-refractivity contribution is 5.25. The predicted molar refractivity (Wildman–Crippen MR) is 55.5 cm³/mol. The van der Waals surface area contributed by atoms with Crippen LogP contribution in [0.5, 0.6) is 0 Å². The van der Waals surface area contributed by atoms with Crippen LogP contribution in [-0.4, -0.2) is 10.5 Å². The maximum absolute atomic E-state index is 8.66. The zero-order valence-corrected chi connectivity index (χ0v) is 8.83. The van der Waals surface area contributed by atoms with Crippen LogP contribution in [0.1, 0.15) is 32.0 Å². The van der Waals surface area contributed by atoms with Crippen molar-refractivity contribution in [2.24, 2.45) is 0 Å². The molecule has 0 saturated heterocycles. The predicted octanol–water partition coefficient (Wildman–Crippen LogP) is 1.84. The first-order valence-electron chi connectivity index (χ1n) is 4.61. The molecule has 0 aliphatic heterocycles. The highest BCUT2D eigenvalue weighted by Crippen LogP contribution is 2.04. The van der Waals surface area contributed by atoms with Gasteiger partial charge in [-0.3, -0.25) is 0 Å². The number of nitrogens with zero attached hydrogens (tertiary/aromatic N) is 2. The average molecular weight is 189 g/mol. The van der Waals surface area contributed by atoms with Crippen molar-refractivity contribution >= 4 is 0 Å². The second kappa shape index (κ2) is 4.21. The molecule has 1 rings (SSSR count). The molecule has 0 unspecified atom stereocenters. The topological polar surface area (TPSA) is 48.7 Å². The van der Waals surface area contributed by atoms with Gasteiger partial charge < -0.3 is 5.32 Å². The van der Waals surface area contributed by atoms with Crippen LogP contribution in [0.3, 0.4) is 0 Å². The number of aromatic nitrogens is 1. The molecule has 74 valence electrons. The van der Waals surface area contributed by atoms with Crippen LogP contribution in [0.15, 0.2) is 18.3 Å². The number of pyridine rings is 1. The Kier molecular flexibility index (Phi) is 3.21. The van der Waals surface area contributed by atoms with E-state index in [2.05, 4.69) is 31.1 Å². The van der Waals surface area contributed by atoms with Gasteiger partial charge in [0.15, 0.2) is 0 Å². The summed E-state index contributed by atoms with van der Waals surface area (Å²) in [7, 11) is 0. The van der Waals surface area contributed by atoms with Gasteiger partial charge in [-0.2, -0.15) is 5.26 Å². The second-order valence-electron chi connectivity index (χ2n) is 4.26. The Morgan fingerprint density at radius 2 is 2.21 bits per heavy atom. The molecular formula is C11H15N3. The van der Waals surface area contributed by atoms with E-state index < -0.39 is 0 Å². The maximum atomic E-state index is 8.66. The zero-order valence-electron chi connectivity index (χ0n) is 8.83. The Hall–Kier alpha value is -1.40. The number of hydrogen-bond acceptors (Lipinski definition) is 3. The van der Waals surface area contributed by atoms with Crippen molar-refractivity contribution in [1.82, 2.24) is 10.3 Å². The van der Waals surface area contributed by atoms with Crippen molar-refractivity contribution in [3.63, 3.8) is 0 Å². The Balaban J connectivity index is 2.65. The zero-order chi connectivity index (χ0) is 10.6. The van der Waals surface area contributed by atoms with E-state index in [9.17, 15) is 0 Å². The first-order valence-corrected chi connectivity index (χ1v) is 4.61. The van der Waals surface area contributed by atoms with Crippen molar-refractivity contribution in [2.75, 3.05) is 0 Å². The van der Waals surface area contributed by atoms with Gasteiger partial charge in [-0.05, 0) is 38.5 Å². The van der Waals surface area contributed by atoms with Crippen molar-refractivity contribution in [2.45, 2.75) is 32.9 Å². The molecule has 0 amide bonds. The highest BCUT2D eigenvalue weighted by atomic mass is 14.9. The third-order valence-corrected chi connectivity index (χ3v) is 1.76. The fourth-order valence-corrected chi connectivity index (χ4v) is 1.01. The van der Waals surface area contributed by atoms with Gasteiger partial charge in [0.25, 0.3) is 0 Å². The molecule has 14 heavy (non-hydrogen) atoms. The first-order chi connectivity index (χ1) is 6.51. The van der Waals surface area contributed by atoms with Crippen LogP contribution in [0.25, 0.3) is 0 Å². The van der Waals surface area contributed by atoms with Crippen LogP contribution in [-0.2, 0) is 6.54 Å². The number of nitrogens with one attached hydrogen (secondary N) is 1. The van der Waals surface area contributed by atoms with Crippen molar-refractivity contribution in [3.05, 3.63) is 29.6 Å². The lowest BCUT2D eigenvalue weighted by Crippen LogP contribution is -2.35. The third kappa shape index (κ3) is 3.55. The molecule has 3 heteroatoms. The second-order valence-corrected chi connectivity index (χ2v) is 4.26. The molecule has 0 bridgehead atoms. The Bertz CT molecular complexity index is 344. The summed E-state index contributed by atoms with van der Waals surface area (Å²) in [4.78, 5) is 3.91. The van der Waals surface area contributed by atoms with E-state index in [-0.39, 0.29) is 5.54 Å². The Labute approximate surface area is 84.8 Å². The van der Waals surface area contributed by atoms with Gasteiger partial charge >= 0.3 is 0 Å².